The summed E-state index contributed by atoms with van der Waals surface area (Å²) in [5.74, 6) is -1.36. The van der Waals surface area contributed by atoms with Crippen molar-refractivity contribution in [1.29, 1.82) is 0 Å². The fourth-order valence-corrected chi connectivity index (χ4v) is 12.6. The number of aliphatic hydroxyl groups excluding tert-OH is 1. The van der Waals surface area contributed by atoms with Crippen LogP contribution in [0.1, 0.15) is 375 Å². The Hall–Kier alpha value is -1.94. The summed E-state index contributed by atoms with van der Waals surface area (Å²) in [7, 11) is -9.90. The molecule has 0 spiro atoms. The molecule has 19 heteroatoms. The molecule has 0 amide bonds. The number of ether oxygens (including phenoxy) is 4. The Morgan fingerprint density at radius 1 is 0.297 bits per heavy atom. The lowest BCUT2D eigenvalue weighted by Gasteiger charge is -2.21. The number of esters is 4. The maximum absolute atomic E-state index is 13.0. The summed E-state index contributed by atoms with van der Waals surface area (Å²) in [4.78, 5) is 72.5. The molecule has 5 atom stereocenters. The van der Waals surface area contributed by atoms with E-state index >= 15 is 0 Å². The van der Waals surface area contributed by atoms with Crippen LogP contribution in [0.2, 0.25) is 0 Å². The second kappa shape index (κ2) is 65.4. The minimum atomic E-state index is -4.95. The van der Waals surface area contributed by atoms with Crippen molar-refractivity contribution in [2.24, 2.45) is 5.92 Å². The summed E-state index contributed by atoms with van der Waals surface area (Å²) in [6.07, 6.45) is 52.7. The molecule has 0 aliphatic rings. The van der Waals surface area contributed by atoms with Gasteiger partial charge in [0, 0.05) is 25.7 Å². The Morgan fingerprint density at radius 2 is 0.505 bits per heavy atom. The van der Waals surface area contributed by atoms with Gasteiger partial charge in [-0.15, -0.1) is 0 Å². The lowest BCUT2D eigenvalue weighted by Crippen LogP contribution is -2.30. The molecule has 0 bridgehead atoms. The third-order valence-corrected chi connectivity index (χ3v) is 18.7. The maximum Gasteiger partial charge on any atom is 0.472 e. The Labute approximate surface area is 556 Å². The third-order valence-electron chi connectivity index (χ3n) is 16.8. The molecule has 0 aromatic heterocycles. The van der Waals surface area contributed by atoms with E-state index in [1.54, 1.807) is 0 Å². The first-order valence-corrected chi connectivity index (χ1v) is 40.6. The predicted molar refractivity (Wildman–Crippen MR) is 368 cm³/mol. The summed E-state index contributed by atoms with van der Waals surface area (Å²) < 4.78 is 68.3. The van der Waals surface area contributed by atoms with Gasteiger partial charge in [-0.1, -0.05) is 324 Å². The number of phosphoric acid groups is 2. The van der Waals surface area contributed by atoms with Gasteiger partial charge in [-0.3, -0.25) is 37.3 Å². The van der Waals surface area contributed by atoms with E-state index in [9.17, 15) is 43.2 Å². The van der Waals surface area contributed by atoms with E-state index in [4.69, 9.17) is 37.0 Å². The standard InChI is InChI=1S/C72H140O17P2/c1-6-9-12-15-18-21-23-24-25-26-27-28-29-30-31-38-43-48-53-58-72(77)89-68(62-83-70(75)56-51-46-41-37-33-32-35-39-44-49-54-65(4)5)64-87-91(80,81)85-60-66(73)59-84-90(78,79)86-63-67(61-82-69(74)55-50-45-40-34-20-17-14-11-8-3)88-71(76)57-52-47-42-36-22-19-16-13-10-7-2/h65-68,73H,6-64H2,1-5H3,(H,78,79)(H,80,81)/t66-,67+,68+/m0/s1. The number of hydrogen-bond acceptors (Lipinski definition) is 15. The van der Waals surface area contributed by atoms with E-state index in [0.29, 0.717) is 25.7 Å². The molecule has 0 saturated heterocycles. The fourth-order valence-electron chi connectivity index (χ4n) is 11.0. The van der Waals surface area contributed by atoms with Gasteiger partial charge in [0.25, 0.3) is 0 Å². The average molecular weight is 1340 g/mol. The zero-order valence-electron chi connectivity index (χ0n) is 59.0. The largest absolute Gasteiger partial charge is 0.472 e. The summed E-state index contributed by atoms with van der Waals surface area (Å²) in [5.41, 5.74) is 0. The molecule has 0 rings (SSSR count). The quantitative estimate of drug-likeness (QED) is 0.0222. The van der Waals surface area contributed by atoms with Gasteiger partial charge in [-0.2, -0.15) is 0 Å². The van der Waals surface area contributed by atoms with Crippen LogP contribution >= 0.6 is 15.6 Å². The molecule has 0 heterocycles. The molecule has 91 heavy (non-hydrogen) atoms. The third kappa shape index (κ3) is 66.5. The monoisotopic (exact) mass is 1340 g/mol. The van der Waals surface area contributed by atoms with Crippen LogP contribution < -0.4 is 0 Å². The van der Waals surface area contributed by atoms with Gasteiger partial charge in [0.1, 0.15) is 19.3 Å². The average Bonchev–Trinajstić information content (AvgIpc) is 3.71. The zero-order valence-corrected chi connectivity index (χ0v) is 60.8. The van der Waals surface area contributed by atoms with Crippen molar-refractivity contribution in [3.05, 3.63) is 0 Å². The van der Waals surface area contributed by atoms with E-state index < -0.39 is 97.5 Å². The van der Waals surface area contributed by atoms with Crippen LogP contribution in [-0.2, 0) is 65.4 Å². The normalized spacial score (nSPS) is 14.0. The van der Waals surface area contributed by atoms with Crippen LogP contribution in [0.3, 0.4) is 0 Å². The molecule has 0 radical (unpaired) electrons. The lowest BCUT2D eigenvalue weighted by molar-refractivity contribution is -0.161. The molecule has 0 aromatic rings. The molecular formula is C72H140O17P2. The van der Waals surface area contributed by atoms with Gasteiger partial charge in [0.2, 0.25) is 0 Å². The van der Waals surface area contributed by atoms with Gasteiger partial charge >= 0.3 is 39.5 Å². The number of carbonyl (C=O) groups is 4. The van der Waals surface area contributed by atoms with Gasteiger partial charge in [-0.25, -0.2) is 9.13 Å². The summed E-state index contributed by atoms with van der Waals surface area (Å²) >= 11 is 0. The topological polar surface area (TPSA) is 237 Å². The van der Waals surface area contributed by atoms with Gasteiger partial charge in [-0.05, 0) is 31.6 Å². The van der Waals surface area contributed by atoms with Crippen molar-refractivity contribution >= 4 is 39.5 Å². The van der Waals surface area contributed by atoms with Crippen molar-refractivity contribution in [1.82, 2.24) is 0 Å². The number of unbranched alkanes of at least 4 members (excludes halogenated alkanes) is 44. The second-order valence-corrected chi connectivity index (χ2v) is 29.4. The molecule has 3 N–H and O–H groups in total. The smallest absolute Gasteiger partial charge is 0.462 e. The fraction of sp³-hybridized carbons (Fsp3) is 0.944. The number of carbonyl (C=O) groups excluding carboxylic acids is 4. The number of hydrogen-bond donors (Lipinski definition) is 3. The number of phosphoric ester groups is 2. The number of rotatable bonds is 72. The molecule has 0 aliphatic carbocycles. The van der Waals surface area contributed by atoms with Crippen molar-refractivity contribution in [3.8, 4) is 0 Å². The van der Waals surface area contributed by atoms with Crippen molar-refractivity contribution < 1.29 is 80.2 Å². The first kappa shape index (κ1) is 89.1. The van der Waals surface area contributed by atoms with Crippen molar-refractivity contribution in [2.45, 2.75) is 393 Å². The first-order chi connectivity index (χ1) is 44.0. The zero-order chi connectivity index (χ0) is 67.0. The number of aliphatic hydroxyl groups is 1. The molecule has 540 valence electrons. The molecule has 17 nitrogen and oxygen atoms in total. The Kier molecular flexibility index (Phi) is 64.0. The summed E-state index contributed by atoms with van der Waals surface area (Å²) in [5, 5.41) is 10.6. The molecule has 0 fully saturated rings. The van der Waals surface area contributed by atoms with E-state index in [0.717, 1.165) is 95.8 Å². The van der Waals surface area contributed by atoms with Crippen LogP contribution in [0.15, 0.2) is 0 Å². The highest BCUT2D eigenvalue weighted by molar-refractivity contribution is 7.47. The maximum atomic E-state index is 13.0. The highest BCUT2D eigenvalue weighted by Gasteiger charge is 2.30. The minimum absolute atomic E-state index is 0.107. The minimum Gasteiger partial charge on any atom is -0.462 e. The van der Waals surface area contributed by atoms with Gasteiger partial charge in [0.05, 0.1) is 26.4 Å². The molecule has 0 aliphatic heterocycles. The Bertz CT molecular complexity index is 1750. The molecule has 0 aromatic carbocycles. The first-order valence-electron chi connectivity index (χ1n) is 37.6. The van der Waals surface area contributed by atoms with E-state index in [1.165, 1.54) is 199 Å². The predicted octanol–water partition coefficient (Wildman–Crippen LogP) is 20.9. The summed E-state index contributed by atoms with van der Waals surface area (Å²) in [6.45, 7) is 7.23. The lowest BCUT2D eigenvalue weighted by atomic mass is 10.0. The Morgan fingerprint density at radius 3 is 0.747 bits per heavy atom. The molecule has 2 unspecified atom stereocenters. The van der Waals surface area contributed by atoms with Crippen LogP contribution in [-0.4, -0.2) is 96.7 Å². The summed E-state index contributed by atoms with van der Waals surface area (Å²) in [6, 6.07) is 0. The van der Waals surface area contributed by atoms with Crippen molar-refractivity contribution in [3.63, 3.8) is 0 Å². The van der Waals surface area contributed by atoms with E-state index in [1.807, 2.05) is 0 Å². The van der Waals surface area contributed by atoms with Gasteiger partial charge < -0.3 is 33.8 Å². The second-order valence-electron chi connectivity index (χ2n) is 26.5. The van der Waals surface area contributed by atoms with Crippen LogP contribution in [0.4, 0.5) is 0 Å². The Balaban J connectivity index is 5.19. The highest BCUT2D eigenvalue weighted by Crippen LogP contribution is 2.45. The van der Waals surface area contributed by atoms with Gasteiger partial charge in [0.15, 0.2) is 12.2 Å². The van der Waals surface area contributed by atoms with Crippen LogP contribution in [0.5, 0.6) is 0 Å². The van der Waals surface area contributed by atoms with Crippen LogP contribution in [0.25, 0.3) is 0 Å². The van der Waals surface area contributed by atoms with Crippen molar-refractivity contribution in [2.75, 3.05) is 39.6 Å². The van der Waals surface area contributed by atoms with Crippen LogP contribution in [0, 0.1) is 5.92 Å². The van der Waals surface area contributed by atoms with E-state index in [-0.39, 0.29) is 25.7 Å². The molecular weight excluding hydrogens is 1200 g/mol. The highest BCUT2D eigenvalue weighted by atomic mass is 31.2. The molecule has 0 saturated carbocycles. The van der Waals surface area contributed by atoms with E-state index in [2.05, 4.69) is 34.6 Å². The SMILES string of the molecule is CCCCCCCCCCCCCCCCCCCCCC(=O)O[C@H](COC(=O)CCCCCCCCCCCCC(C)C)COP(=O)(O)OC[C@@H](O)COP(=O)(O)OC[C@@H](COC(=O)CCCCCCCCCCC)OC(=O)CCCCCCCCCCCC.